The topological polar surface area (TPSA) is 83.0 Å². The molecule has 2 saturated heterocycles. The number of rotatable bonds is 3. The molecule has 7 nitrogen and oxygen atoms in total. The Morgan fingerprint density at radius 2 is 1.88 bits per heavy atom. The first-order valence-corrected chi connectivity index (χ1v) is 10.4. The fourth-order valence-corrected chi connectivity index (χ4v) is 4.37. The molecule has 3 atom stereocenters. The lowest BCUT2D eigenvalue weighted by Gasteiger charge is -2.41. The number of alkyl halides is 3. The maximum atomic E-state index is 13.2. The lowest BCUT2D eigenvalue weighted by Crippen LogP contribution is -2.53. The van der Waals surface area contributed by atoms with Crippen molar-refractivity contribution in [3.05, 3.63) is 42.1 Å². The number of aliphatic carboxylic acids is 1. The largest absolute Gasteiger partial charge is 0.490 e. The molecule has 1 amide bonds. The van der Waals surface area contributed by atoms with E-state index >= 15 is 0 Å². The van der Waals surface area contributed by atoms with E-state index in [1.807, 2.05) is 41.3 Å². The molecule has 0 saturated carbocycles. The van der Waals surface area contributed by atoms with Gasteiger partial charge < -0.3 is 19.6 Å². The fourth-order valence-electron chi connectivity index (χ4n) is 4.37. The van der Waals surface area contributed by atoms with Crippen molar-refractivity contribution >= 4 is 22.8 Å². The van der Waals surface area contributed by atoms with E-state index in [0.29, 0.717) is 11.6 Å². The number of carboxylic acids is 1. The zero-order valence-electron chi connectivity index (χ0n) is 17.9. The van der Waals surface area contributed by atoms with E-state index in [1.54, 1.807) is 7.11 Å². The van der Waals surface area contributed by atoms with E-state index in [0.717, 1.165) is 43.5 Å². The lowest BCUT2D eigenvalue weighted by atomic mass is 9.88. The van der Waals surface area contributed by atoms with Crippen LogP contribution in [-0.2, 0) is 9.53 Å². The molecule has 174 valence electrons. The first kappa shape index (κ1) is 23.9. The first-order chi connectivity index (χ1) is 15.2. The second kappa shape index (κ2) is 9.83. The van der Waals surface area contributed by atoms with Gasteiger partial charge in [0.05, 0.1) is 17.7 Å². The van der Waals surface area contributed by atoms with Gasteiger partial charge in [0.25, 0.3) is 5.91 Å². The number of carboxylic acid groups (broad SMARTS) is 1. The number of hydrogen-bond acceptors (Lipinski definition) is 5. The van der Waals surface area contributed by atoms with Gasteiger partial charge >= 0.3 is 12.1 Å². The third kappa shape index (κ3) is 5.18. The molecule has 0 unspecified atom stereocenters. The number of methoxy groups -OCH3 is 1. The summed E-state index contributed by atoms with van der Waals surface area (Å²) in [7, 11) is 1.79. The second-order valence-electron chi connectivity index (χ2n) is 7.84. The van der Waals surface area contributed by atoms with E-state index in [9.17, 15) is 18.0 Å². The zero-order chi connectivity index (χ0) is 23.5. The molecule has 2 aromatic rings. The van der Waals surface area contributed by atoms with Crippen LogP contribution in [-0.4, -0.2) is 83.4 Å². The smallest absolute Gasteiger partial charge is 0.475 e. The molecule has 2 fully saturated rings. The van der Waals surface area contributed by atoms with Crippen LogP contribution in [0, 0.1) is 5.92 Å². The summed E-state index contributed by atoms with van der Waals surface area (Å²) in [6.07, 6.45) is -3.94. The molecular formula is C22H26F3N3O4. The van der Waals surface area contributed by atoms with E-state index in [-0.39, 0.29) is 18.1 Å². The number of likely N-dealkylation sites (N-methyl/N-ethyl adjacent to an activating group) is 1. The van der Waals surface area contributed by atoms with Crippen molar-refractivity contribution in [3.8, 4) is 0 Å². The molecule has 1 aromatic carbocycles. The number of fused-ring (bicyclic) bond motifs is 2. The SMILES string of the molecule is CCN1C[C@H]2[C@@H](C1)N(C(=O)c1ccc3ccccc3n1)CC[C@H]2OC.O=C(O)C(F)(F)F. The Morgan fingerprint density at radius 3 is 2.50 bits per heavy atom. The third-order valence-electron chi connectivity index (χ3n) is 6.01. The van der Waals surface area contributed by atoms with Gasteiger partial charge in [-0.2, -0.15) is 13.2 Å². The number of carbonyl (C=O) groups is 2. The number of para-hydroxylation sites is 1. The van der Waals surface area contributed by atoms with Gasteiger partial charge in [0.15, 0.2) is 0 Å². The van der Waals surface area contributed by atoms with E-state index in [1.165, 1.54) is 0 Å². The predicted molar refractivity (Wildman–Crippen MR) is 111 cm³/mol. The molecule has 32 heavy (non-hydrogen) atoms. The number of amides is 1. The van der Waals surface area contributed by atoms with Crippen molar-refractivity contribution in [2.45, 2.75) is 31.7 Å². The average molecular weight is 453 g/mol. The summed E-state index contributed by atoms with van der Waals surface area (Å²) in [6, 6.07) is 12.0. The molecule has 0 bridgehead atoms. The maximum absolute atomic E-state index is 13.2. The van der Waals surface area contributed by atoms with E-state index in [4.69, 9.17) is 14.6 Å². The van der Waals surface area contributed by atoms with Gasteiger partial charge in [-0.15, -0.1) is 0 Å². The Balaban J connectivity index is 0.000000360. The number of likely N-dealkylation sites (tertiary alicyclic amines) is 2. The second-order valence-corrected chi connectivity index (χ2v) is 7.84. The summed E-state index contributed by atoms with van der Waals surface area (Å²) in [5.41, 5.74) is 1.42. The quantitative estimate of drug-likeness (QED) is 0.769. The number of nitrogens with zero attached hydrogens (tertiary/aromatic N) is 3. The summed E-state index contributed by atoms with van der Waals surface area (Å²) in [5, 5.41) is 8.19. The highest BCUT2D eigenvalue weighted by Gasteiger charge is 2.46. The third-order valence-corrected chi connectivity index (χ3v) is 6.01. The number of halogens is 3. The fraction of sp³-hybridized carbons (Fsp3) is 0.500. The van der Waals surface area contributed by atoms with Crippen LogP contribution in [0.3, 0.4) is 0 Å². The molecule has 1 aromatic heterocycles. The van der Waals surface area contributed by atoms with Gasteiger partial charge in [-0.3, -0.25) is 4.79 Å². The molecule has 2 aliphatic rings. The molecular weight excluding hydrogens is 427 g/mol. The van der Waals surface area contributed by atoms with Crippen LogP contribution in [0.2, 0.25) is 0 Å². The molecule has 2 aliphatic heterocycles. The summed E-state index contributed by atoms with van der Waals surface area (Å²) in [5.74, 6) is -2.32. The molecule has 0 aliphatic carbocycles. The standard InChI is InChI=1S/C20H25N3O2.C2HF3O2/c1-3-22-12-15-18(13-22)23(11-10-19(15)25-2)20(24)17-9-8-14-6-4-5-7-16(14)21-17;3-2(4,5)1(6)7/h4-9,15,18-19H,3,10-13H2,1-2H3;(H,6,7)/t15-,18+,19+;/m0./s1. The number of benzene rings is 1. The Kier molecular flexibility index (Phi) is 7.35. The van der Waals surface area contributed by atoms with Crippen molar-refractivity contribution in [1.82, 2.24) is 14.8 Å². The van der Waals surface area contributed by atoms with Crippen molar-refractivity contribution in [2.75, 3.05) is 33.3 Å². The van der Waals surface area contributed by atoms with Crippen molar-refractivity contribution in [2.24, 2.45) is 5.92 Å². The lowest BCUT2D eigenvalue weighted by molar-refractivity contribution is -0.192. The minimum absolute atomic E-state index is 0.0493. The summed E-state index contributed by atoms with van der Waals surface area (Å²) in [6.45, 7) is 5.87. The monoisotopic (exact) mass is 453 g/mol. The number of pyridine rings is 1. The molecule has 0 radical (unpaired) electrons. The highest BCUT2D eigenvalue weighted by Crippen LogP contribution is 2.33. The van der Waals surface area contributed by atoms with Crippen LogP contribution in [0.1, 0.15) is 23.8 Å². The van der Waals surface area contributed by atoms with Gasteiger partial charge in [0.2, 0.25) is 0 Å². The van der Waals surface area contributed by atoms with Gasteiger partial charge in [0, 0.05) is 38.0 Å². The highest BCUT2D eigenvalue weighted by molar-refractivity contribution is 5.95. The highest BCUT2D eigenvalue weighted by atomic mass is 19.4. The van der Waals surface area contributed by atoms with Crippen molar-refractivity contribution < 1.29 is 32.6 Å². The summed E-state index contributed by atoms with van der Waals surface area (Å²) < 4.78 is 37.4. The van der Waals surface area contributed by atoms with E-state index in [2.05, 4.69) is 16.8 Å². The number of piperidine rings is 1. The van der Waals surface area contributed by atoms with Crippen LogP contribution in [0.5, 0.6) is 0 Å². The van der Waals surface area contributed by atoms with Crippen molar-refractivity contribution in [1.29, 1.82) is 0 Å². The van der Waals surface area contributed by atoms with Gasteiger partial charge in [-0.05, 0) is 25.1 Å². The van der Waals surface area contributed by atoms with Crippen molar-refractivity contribution in [3.63, 3.8) is 0 Å². The molecule has 10 heteroatoms. The Hall–Kier alpha value is -2.72. The zero-order valence-corrected chi connectivity index (χ0v) is 17.9. The predicted octanol–water partition coefficient (Wildman–Crippen LogP) is 3.05. The van der Waals surface area contributed by atoms with Crippen LogP contribution < -0.4 is 0 Å². The van der Waals surface area contributed by atoms with Crippen LogP contribution >= 0.6 is 0 Å². The van der Waals surface area contributed by atoms with Gasteiger partial charge in [-0.1, -0.05) is 31.2 Å². The first-order valence-electron chi connectivity index (χ1n) is 10.4. The van der Waals surface area contributed by atoms with Crippen LogP contribution in [0.4, 0.5) is 13.2 Å². The normalized spacial score (nSPS) is 23.4. The molecule has 1 N–H and O–H groups in total. The molecule has 4 rings (SSSR count). The van der Waals surface area contributed by atoms with Crippen LogP contribution in [0.25, 0.3) is 10.9 Å². The maximum Gasteiger partial charge on any atom is 0.490 e. The summed E-state index contributed by atoms with van der Waals surface area (Å²) in [4.78, 5) is 31.1. The number of carbonyl (C=O) groups excluding carboxylic acids is 1. The van der Waals surface area contributed by atoms with Gasteiger partial charge in [0.1, 0.15) is 5.69 Å². The van der Waals surface area contributed by atoms with Crippen LogP contribution in [0.15, 0.2) is 36.4 Å². The van der Waals surface area contributed by atoms with Gasteiger partial charge in [-0.25, -0.2) is 9.78 Å². The Morgan fingerprint density at radius 1 is 1.19 bits per heavy atom. The average Bonchev–Trinajstić information content (AvgIpc) is 3.22. The number of ether oxygens (including phenoxy) is 1. The molecule has 0 spiro atoms. The molecule has 3 heterocycles. The Bertz CT molecular complexity index is 969. The Labute approximate surface area is 183 Å². The minimum Gasteiger partial charge on any atom is -0.475 e. The summed E-state index contributed by atoms with van der Waals surface area (Å²) >= 11 is 0. The van der Waals surface area contributed by atoms with E-state index < -0.39 is 12.1 Å². The number of aromatic nitrogens is 1. The number of hydrogen-bond donors (Lipinski definition) is 1. The minimum atomic E-state index is -5.08.